The highest BCUT2D eigenvalue weighted by Gasteiger charge is 2.23. The van der Waals surface area contributed by atoms with Crippen LogP contribution >= 0.6 is 0 Å². The summed E-state index contributed by atoms with van der Waals surface area (Å²) in [5.41, 5.74) is 2.18. The van der Waals surface area contributed by atoms with Crippen LogP contribution in [-0.4, -0.2) is 42.9 Å². The lowest BCUT2D eigenvalue weighted by Gasteiger charge is -2.36. The molecule has 1 aliphatic heterocycles. The molecule has 1 saturated heterocycles. The van der Waals surface area contributed by atoms with Crippen LogP contribution in [0.2, 0.25) is 0 Å². The SMILES string of the molecule is CC1CN(c2ccc(NC(=O)NCCC3=CCCCC3)cn2)CC(C)O1. The van der Waals surface area contributed by atoms with E-state index in [1.807, 2.05) is 12.1 Å². The third-order valence-corrected chi connectivity index (χ3v) is 4.87. The Hall–Kier alpha value is -2.08. The molecule has 2 aliphatic rings. The molecular formula is C20H30N4O2. The van der Waals surface area contributed by atoms with E-state index in [4.69, 9.17) is 4.74 Å². The van der Waals surface area contributed by atoms with E-state index < -0.39 is 0 Å². The van der Waals surface area contributed by atoms with Crippen LogP contribution in [0.1, 0.15) is 46.0 Å². The van der Waals surface area contributed by atoms with Crippen molar-refractivity contribution < 1.29 is 9.53 Å². The maximum absolute atomic E-state index is 12.0. The molecule has 1 aliphatic carbocycles. The molecular weight excluding hydrogens is 328 g/mol. The van der Waals surface area contributed by atoms with Crippen molar-refractivity contribution in [2.45, 2.75) is 58.2 Å². The number of aromatic nitrogens is 1. The zero-order valence-corrected chi connectivity index (χ0v) is 15.8. The first-order valence-corrected chi connectivity index (χ1v) is 9.69. The third-order valence-electron chi connectivity index (χ3n) is 4.87. The molecule has 1 fully saturated rings. The highest BCUT2D eigenvalue weighted by Crippen LogP contribution is 2.20. The molecule has 142 valence electrons. The Balaban J connectivity index is 1.44. The number of amides is 2. The Morgan fingerprint density at radius 3 is 2.73 bits per heavy atom. The monoisotopic (exact) mass is 358 g/mol. The van der Waals surface area contributed by atoms with Gasteiger partial charge in [0.05, 0.1) is 24.1 Å². The number of rotatable bonds is 5. The standard InChI is InChI=1S/C20H30N4O2/c1-15-13-24(14-16(2)26-15)19-9-8-18(12-22-19)23-20(25)21-11-10-17-6-4-3-5-7-17/h6,8-9,12,15-16H,3-5,7,10-11,13-14H2,1-2H3,(H2,21,23,25). The molecule has 2 heterocycles. The summed E-state index contributed by atoms with van der Waals surface area (Å²) in [6.07, 6.45) is 10.3. The average Bonchev–Trinajstić information content (AvgIpc) is 2.62. The van der Waals surface area contributed by atoms with Gasteiger partial charge in [0, 0.05) is 19.6 Å². The van der Waals surface area contributed by atoms with Crippen molar-refractivity contribution in [1.29, 1.82) is 0 Å². The molecule has 2 amide bonds. The highest BCUT2D eigenvalue weighted by molar-refractivity contribution is 5.89. The Morgan fingerprint density at radius 1 is 1.27 bits per heavy atom. The van der Waals surface area contributed by atoms with E-state index in [-0.39, 0.29) is 18.2 Å². The molecule has 0 spiro atoms. The van der Waals surface area contributed by atoms with Crippen LogP contribution in [0, 0.1) is 0 Å². The molecule has 6 heteroatoms. The zero-order valence-electron chi connectivity index (χ0n) is 15.8. The third kappa shape index (κ3) is 5.46. The normalized spacial score (nSPS) is 23.3. The second kappa shape index (κ2) is 9.03. The van der Waals surface area contributed by atoms with Gasteiger partial charge in [-0.1, -0.05) is 11.6 Å². The number of carbonyl (C=O) groups is 1. The minimum atomic E-state index is -0.176. The summed E-state index contributed by atoms with van der Waals surface area (Å²) >= 11 is 0. The summed E-state index contributed by atoms with van der Waals surface area (Å²) in [6, 6.07) is 3.67. The van der Waals surface area contributed by atoms with Gasteiger partial charge in [0.2, 0.25) is 0 Å². The summed E-state index contributed by atoms with van der Waals surface area (Å²) in [5, 5.41) is 5.77. The minimum Gasteiger partial charge on any atom is -0.372 e. The summed E-state index contributed by atoms with van der Waals surface area (Å²) in [7, 11) is 0. The maximum Gasteiger partial charge on any atom is 0.319 e. The number of pyridine rings is 1. The van der Waals surface area contributed by atoms with Gasteiger partial charge in [-0.05, 0) is 58.1 Å². The number of anilines is 2. The molecule has 1 aromatic rings. The zero-order chi connectivity index (χ0) is 18.4. The van der Waals surface area contributed by atoms with Gasteiger partial charge in [0.1, 0.15) is 5.82 Å². The number of urea groups is 1. The first-order chi connectivity index (χ1) is 12.6. The summed E-state index contributed by atoms with van der Waals surface area (Å²) in [6.45, 7) is 6.49. The van der Waals surface area contributed by atoms with Gasteiger partial charge in [-0.25, -0.2) is 9.78 Å². The van der Waals surface area contributed by atoms with Crippen molar-refractivity contribution in [3.63, 3.8) is 0 Å². The fourth-order valence-corrected chi connectivity index (χ4v) is 3.66. The molecule has 0 radical (unpaired) electrons. The maximum atomic E-state index is 12.0. The topological polar surface area (TPSA) is 66.5 Å². The number of nitrogens with zero attached hydrogens (tertiary/aromatic N) is 2. The molecule has 26 heavy (non-hydrogen) atoms. The van der Waals surface area contributed by atoms with Gasteiger partial charge in [-0.2, -0.15) is 0 Å². The number of allylic oxidation sites excluding steroid dienone is 1. The van der Waals surface area contributed by atoms with E-state index in [0.717, 1.165) is 25.3 Å². The van der Waals surface area contributed by atoms with Crippen molar-refractivity contribution in [2.75, 3.05) is 29.9 Å². The van der Waals surface area contributed by atoms with Crippen LogP contribution in [0.4, 0.5) is 16.3 Å². The lowest BCUT2D eigenvalue weighted by Crippen LogP contribution is -2.45. The molecule has 0 bridgehead atoms. The minimum absolute atomic E-state index is 0.176. The number of hydrogen-bond acceptors (Lipinski definition) is 4. The van der Waals surface area contributed by atoms with Crippen LogP contribution in [0.5, 0.6) is 0 Å². The average molecular weight is 358 g/mol. The van der Waals surface area contributed by atoms with Gasteiger partial charge in [-0.15, -0.1) is 0 Å². The smallest absolute Gasteiger partial charge is 0.319 e. The summed E-state index contributed by atoms with van der Waals surface area (Å²) in [4.78, 5) is 18.7. The van der Waals surface area contributed by atoms with Crippen molar-refractivity contribution in [2.24, 2.45) is 0 Å². The Labute approximate surface area is 156 Å². The molecule has 2 atom stereocenters. The number of morpholine rings is 1. The van der Waals surface area contributed by atoms with Crippen molar-refractivity contribution >= 4 is 17.5 Å². The number of nitrogens with one attached hydrogen (secondary N) is 2. The summed E-state index contributed by atoms with van der Waals surface area (Å²) in [5.74, 6) is 0.919. The lowest BCUT2D eigenvalue weighted by atomic mass is 9.97. The molecule has 0 saturated carbocycles. The number of carbonyl (C=O) groups excluding carboxylic acids is 1. The predicted molar refractivity (Wildman–Crippen MR) is 105 cm³/mol. The van der Waals surface area contributed by atoms with E-state index in [1.165, 1.54) is 31.3 Å². The molecule has 2 unspecified atom stereocenters. The van der Waals surface area contributed by atoms with Crippen molar-refractivity contribution in [1.82, 2.24) is 10.3 Å². The van der Waals surface area contributed by atoms with E-state index in [1.54, 1.807) is 6.20 Å². The van der Waals surface area contributed by atoms with Crippen LogP contribution in [-0.2, 0) is 4.74 Å². The van der Waals surface area contributed by atoms with E-state index in [9.17, 15) is 4.79 Å². The predicted octanol–water partition coefficient (Wildman–Crippen LogP) is 3.71. The molecule has 2 N–H and O–H groups in total. The van der Waals surface area contributed by atoms with E-state index in [0.29, 0.717) is 12.2 Å². The fraction of sp³-hybridized carbons (Fsp3) is 0.600. The largest absolute Gasteiger partial charge is 0.372 e. The van der Waals surface area contributed by atoms with Gasteiger partial charge in [0.15, 0.2) is 0 Å². The first-order valence-electron chi connectivity index (χ1n) is 9.69. The second-order valence-corrected chi connectivity index (χ2v) is 7.31. The van der Waals surface area contributed by atoms with Gasteiger partial charge >= 0.3 is 6.03 Å². The molecule has 0 aromatic carbocycles. The fourth-order valence-electron chi connectivity index (χ4n) is 3.66. The summed E-state index contributed by atoms with van der Waals surface area (Å²) < 4.78 is 5.76. The van der Waals surface area contributed by atoms with Crippen LogP contribution in [0.25, 0.3) is 0 Å². The quantitative estimate of drug-likeness (QED) is 0.788. The number of ether oxygens (including phenoxy) is 1. The first kappa shape index (κ1) is 18.7. The lowest BCUT2D eigenvalue weighted by molar-refractivity contribution is -0.00545. The van der Waals surface area contributed by atoms with Gasteiger partial charge in [0.25, 0.3) is 0 Å². The van der Waals surface area contributed by atoms with Gasteiger partial charge < -0.3 is 20.3 Å². The number of hydrogen-bond donors (Lipinski definition) is 2. The van der Waals surface area contributed by atoms with Crippen LogP contribution < -0.4 is 15.5 Å². The Kier molecular flexibility index (Phi) is 6.50. The van der Waals surface area contributed by atoms with E-state index >= 15 is 0 Å². The van der Waals surface area contributed by atoms with Crippen LogP contribution in [0.15, 0.2) is 30.0 Å². The van der Waals surface area contributed by atoms with Crippen LogP contribution in [0.3, 0.4) is 0 Å². The highest BCUT2D eigenvalue weighted by atomic mass is 16.5. The molecule has 3 rings (SSSR count). The van der Waals surface area contributed by atoms with Crippen molar-refractivity contribution in [3.8, 4) is 0 Å². The Bertz CT molecular complexity index is 619. The molecule has 1 aromatic heterocycles. The van der Waals surface area contributed by atoms with Crippen molar-refractivity contribution in [3.05, 3.63) is 30.0 Å². The second-order valence-electron chi connectivity index (χ2n) is 7.31. The molecule has 6 nitrogen and oxygen atoms in total. The Morgan fingerprint density at radius 2 is 2.08 bits per heavy atom. The van der Waals surface area contributed by atoms with Gasteiger partial charge in [-0.3, -0.25) is 0 Å². The van der Waals surface area contributed by atoms with E-state index in [2.05, 4.69) is 40.4 Å².